The summed E-state index contributed by atoms with van der Waals surface area (Å²) in [6.07, 6.45) is 2.09. The maximum absolute atomic E-state index is 5.93. The third-order valence-electron chi connectivity index (χ3n) is 2.88. The lowest BCUT2D eigenvalue weighted by atomic mass is 10.3. The number of hydrogen-bond acceptors (Lipinski definition) is 6. The molecule has 22 heavy (non-hydrogen) atoms. The SMILES string of the molecule is C=[N+](c1nc(-c2ccc(CN)o2)cs1)N(N)CCCC.Cl.Cl. The number of rotatable bonds is 7. The van der Waals surface area contributed by atoms with Gasteiger partial charge in [0.1, 0.15) is 5.76 Å². The van der Waals surface area contributed by atoms with Crippen molar-refractivity contribution in [3.8, 4) is 11.5 Å². The molecule has 0 spiro atoms. The van der Waals surface area contributed by atoms with Gasteiger partial charge in [-0.3, -0.25) is 0 Å². The van der Waals surface area contributed by atoms with Crippen molar-refractivity contribution in [3.63, 3.8) is 0 Å². The van der Waals surface area contributed by atoms with Gasteiger partial charge in [0, 0.05) is 0 Å². The van der Waals surface area contributed by atoms with E-state index in [2.05, 4.69) is 18.6 Å². The first-order chi connectivity index (χ1) is 9.65. The van der Waals surface area contributed by atoms with Crippen molar-refractivity contribution in [2.24, 2.45) is 11.6 Å². The van der Waals surface area contributed by atoms with Crippen LogP contribution in [0.5, 0.6) is 0 Å². The fraction of sp³-hybridized carbons (Fsp3) is 0.385. The first-order valence-electron chi connectivity index (χ1n) is 6.53. The Morgan fingerprint density at radius 2 is 2.14 bits per heavy atom. The first-order valence-corrected chi connectivity index (χ1v) is 7.41. The molecule has 0 aromatic carbocycles. The van der Waals surface area contributed by atoms with Crippen LogP contribution in [0.3, 0.4) is 0 Å². The van der Waals surface area contributed by atoms with Crippen molar-refractivity contribution in [3.05, 3.63) is 23.3 Å². The number of unbranched alkanes of at least 4 members (excludes halogenated alkanes) is 1. The van der Waals surface area contributed by atoms with Gasteiger partial charge in [-0.1, -0.05) is 13.3 Å². The van der Waals surface area contributed by atoms with Gasteiger partial charge in [0.25, 0.3) is 0 Å². The third-order valence-corrected chi connectivity index (χ3v) is 3.73. The largest absolute Gasteiger partial charge is 0.456 e. The molecule has 2 rings (SSSR count). The van der Waals surface area contributed by atoms with Gasteiger partial charge in [-0.25, -0.2) is 5.84 Å². The van der Waals surface area contributed by atoms with Gasteiger partial charge in [-0.15, -0.1) is 29.5 Å². The fourth-order valence-electron chi connectivity index (χ4n) is 1.67. The summed E-state index contributed by atoms with van der Waals surface area (Å²) in [7, 11) is 0. The number of hydrogen-bond donors (Lipinski definition) is 2. The molecular weight excluding hydrogens is 345 g/mol. The number of halogens is 2. The number of nitrogens with two attached hydrogens (primary N) is 2. The first kappa shape index (κ1) is 20.9. The molecule has 0 aliphatic heterocycles. The van der Waals surface area contributed by atoms with Crippen LogP contribution >= 0.6 is 36.2 Å². The molecule has 0 unspecified atom stereocenters. The summed E-state index contributed by atoms with van der Waals surface area (Å²) in [5.41, 5.74) is 6.29. The molecule has 0 amide bonds. The van der Waals surface area contributed by atoms with Gasteiger partial charge in [-0.2, -0.15) is 5.12 Å². The smallest absolute Gasteiger partial charge is 0.407 e. The number of nitrogens with zero attached hydrogens (tertiary/aromatic N) is 3. The molecule has 0 saturated heterocycles. The molecule has 0 aliphatic rings. The summed E-state index contributed by atoms with van der Waals surface area (Å²) in [6.45, 7) is 7.16. The van der Waals surface area contributed by atoms with Crippen molar-refractivity contribution in [2.75, 3.05) is 6.54 Å². The van der Waals surface area contributed by atoms with Gasteiger partial charge in [0.05, 0.1) is 25.2 Å². The predicted molar refractivity (Wildman–Crippen MR) is 95.0 cm³/mol. The van der Waals surface area contributed by atoms with Crippen LogP contribution in [-0.4, -0.2) is 28.0 Å². The summed E-state index contributed by atoms with van der Waals surface area (Å²) in [5.74, 6) is 7.38. The fourth-order valence-corrected chi connectivity index (χ4v) is 2.44. The Morgan fingerprint density at radius 3 is 2.73 bits per heavy atom. The van der Waals surface area contributed by atoms with Gasteiger partial charge >= 0.3 is 5.13 Å². The molecule has 0 saturated carbocycles. The summed E-state index contributed by atoms with van der Waals surface area (Å²) in [4.78, 5) is 4.48. The predicted octanol–water partition coefficient (Wildman–Crippen LogP) is 2.94. The van der Waals surface area contributed by atoms with E-state index in [0.29, 0.717) is 12.3 Å². The molecule has 9 heteroatoms. The average Bonchev–Trinajstić information content (AvgIpc) is 3.11. The highest BCUT2D eigenvalue weighted by atomic mass is 35.5. The Labute approximate surface area is 146 Å². The van der Waals surface area contributed by atoms with Crippen LogP contribution < -0.4 is 11.6 Å². The van der Waals surface area contributed by atoms with Crippen LogP contribution in [0.4, 0.5) is 5.13 Å². The van der Waals surface area contributed by atoms with E-state index < -0.39 is 0 Å². The molecule has 0 radical (unpaired) electrons. The highest BCUT2D eigenvalue weighted by Gasteiger charge is 2.20. The molecule has 0 fully saturated rings. The summed E-state index contributed by atoms with van der Waals surface area (Å²) in [5, 5.41) is 4.21. The lowest BCUT2D eigenvalue weighted by Crippen LogP contribution is -2.38. The zero-order chi connectivity index (χ0) is 14.5. The molecule has 0 aliphatic carbocycles. The van der Waals surface area contributed by atoms with Crippen LogP contribution in [0.25, 0.3) is 11.5 Å². The standard InChI is InChI=1S/C13H20N5OS.2ClH/c1-3-4-7-18(15)17(2)13-16-11(9-20-13)12-6-5-10(8-14)19-12;;/h5-6,9H,2-4,7-8,14-15H2,1H3;2*1H/q+1;;. The van der Waals surface area contributed by atoms with E-state index in [1.54, 1.807) is 9.80 Å². The van der Waals surface area contributed by atoms with Gasteiger partial charge in [-0.05, 0) is 34.9 Å². The molecule has 4 N–H and O–H groups in total. The summed E-state index contributed by atoms with van der Waals surface area (Å²) < 4.78 is 7.18. The van der Waals surface area contributed by atoms with Crippen LogP contribution in [-0.2, 0) is 6.54 Å². The molecule has 0 atom stereocenters. The van der Waals surface area contributed by atoms with E-state index in [1.807, 2.05) is 17.5 Å². The maximum atomic E-state index is 5.93. The minimum atomic E-state index is 0. The Bertz CT molecular complexity index is 587. The van der Waals surface area contributed by atoms with Crippen LogP contribution in [0, 0.1) is 0 Å². The average molecular weight is 367 g/mol. The van der Waals surface area contributed by atoms with Crippen molar-refractivity contribution in [2.45, 2.75) is 26.3 Å². The molecule has 0 bridgehead atoms. The van der Waals surface area contributed by atoms with Crippen molar-refractivity contribution in [1.29, 1.82) is 0 Å². The Morgan fingerprint density at radius 1 is 1.41 bits per heavy atom. The summed E-state index contributed by atoms with van der Waals surface area (Å²) >= 11 is 1.47. The second kappa shape index (κ2) is 9.81. The topological polar surface area (TPSA) is 84.3 Å². The van der Waals surface area contributed by atoms with E-state index in [1.165, 1.54) is 11.3 Å². The minimum Gasteiger partial charge on any atom is -0.456 e. The maximum Gasteiger partial charge on any atom is 0.407 e. The molecule has 6 nitrogen and oxygen atoms in total. The Balaban J connectivity index is 0.00000220. The molecule has 124 valence electrons. The number of aromatic nitrogens is 1. The molecule has 2 heterocycles. The van der Waals surface area contributed by atoms with Crippen molar-refractivity contribution >= 4 is 48.0 Å². The molecule has 2 aromatic rings. The van der Waals surface area contributed by atoms with Crippen LogP contribution in [0.2, 0.25) is 0 Å². The monoisotopic (exact) mass is 366 g/mol. The van der Waals surface area contributed by atoms with Crippen molar-refractivity contribution < 1.29 is 9.10 Å². The number of thiazole rings is 1. The van der Waals surface area contributed by atoms with Crippen LogP contribution in [0.1, 0.15) is 25.5 Å². The number of hydrazone groups is 1. The minimum absolute atomic E-state index is 0. The molecular formula is C13H22Cl2N5OS+. The van der Waals surface area contributed by atoms with E-state index in [9.17, 15) is 0 Å². The van der Waals surface area contributed by atoms with E-state index in [4.69, 9.17) is 16.0 Å². The van der Waals surface area contributed by atoms with Gasteiger partial charge in [0.2, 0.25) is 5.69 Å². The lowest BCUT2D eigenvalue weighted by molar-refractivity contribution is -0.620. The van der Waals surface area contributed by atoms with E-state index in [-0.39, 0.29) is 24.8 Å². The summed E-state index contributed by atoms with van der Waals surface area (Å²) in [6, 6.07) is 3.72. The third kappa shape index (κ3) is 4.96. The highest BCUT2D eigenvalue weighted by Crippen LogP contribution is 2.27. The quantitative estimate of drug-likeness (QED) is 0.340. The zero-order valence-electron chi connectivity index (χ0n) is 12.4. The molecule has 2 aromatic heterocycles. The van der Waals surface area contributed by atoms with Crippen molar-refractivity contribution in [1.82, 2.24) is 10.1 Å². The van der Waals surface area contributed by atoms with Gasteiger partial charge < -0.3 is 10.2 Å². The Hall–Kier alpha value is -1.12. The van der Waals surface area contributed by atoms with Crippen LogP contribution in [0.15, 0.2) is 21.9 Å². The lowest BCUT2D eigenvalue weighted by Gasteiger charge is -2.14. The number of hydrazine groups is 2. The second-order valence-corrected chi connectivity index (χ2v) is 5.24. The van der Waals surface area contributed by atoms with Gasteiger partial charge in [0.15, 0.2) is 5.76 Å². The Kier molecular flexibility index (Phi) is 9.31. The highest BCUT2D eigenvalue weighted by molar-refractivity contribution is 7.13. The number of furan rings is 1. The van der Waals surface area contributed by atoms with E-state index in [0.717, 1.165) is 36.0 Å². The zero-order valence-corrected chi connectivity index (χ0v) is 14.8. The van der Waals surface area contributed by atoms with E-state index >= 15 is 0 Å². The second-order valence-electron chi connectivity index (χ2n) is 4.40. The normalized spacial score (nSPS) is 9.77.